The van der Waals surface area contributed by atoms with Gasteiger partial charge in [-0.1, -0.05) is 300 Å². The lowest BCUT2D eigenvalue weighted by Gasteiger charge is -2.20. The fourth-order valence-corrected chi connectivity index (χ4v) is 10.2. The van der Waals surface area contributed by atoms with Gasteiger partial charge in [-0.2, -0.15) is 0 Å². The molecule has 75 heavy (non-hydrogen) atoms. The van der Waals surface area contributed by atoms with Crippen LogP contribution in [-0.4, -0.2) is 47.4 Å². The lowest BCUT2D eigenvalue weighted by molar-refractivity contribution is -0.143. The molecule has 2 atom stereocenters. The molecule has 0 rings (SSSR count). The van der Waals surface area contributed by atoms with E-state index in [1.807, 2.05) is 6.08 Å². The average Bonchev–Trinajstić information content (AvgIpc) is 3.41. The van der Waals surface area contributed by atoms with Crippen LogP contribution in [0.1, 0.15) is 354 Å². The highest BCUT2D eigenvalue weighted by Crippen LogP contribution is 2.17. The normalized spacial score (nSPS) is 12.9. The molecule has 0 aromatic carbocycles. The molecule has 3 N–H and O–H groups in total. The minimum Gasteiger partial charge on any atom is -0.466 e. The molecule has 0 aliphatic rings. The minimum atomic E-state index is -0.848. The van der Waals surface area contributed by atoms with Crippen molar-refractivity contribution in [2.75, 3.05) is 13.2 Å². The first-order chi connectivity index (χ1) is 37.0. The quantitative estimate of drug-likeness (QED) is 0.0320. The number of allylic oxidation sites excluding steroid dienone is 7. The number of carbonyl (C=O) groups is 2. The summed E-state index contributed by atoms with van der Waals surface area (Å²) in [5.74, 6) is -0.0665. The van der Waals surface area contributed by atoms with Crippen LogP contribution in [0, 0.1) is 0 Å². The van der Waals surface area contributed by atoms with Crippen LogP contribution in [-0.2, 0) is 14.3 Å². The zero-order valence-electron chi connectivity index (χ0n) is 50.3. The largest absolute Gasteiger partial charge is 0.466 e. The Morgan fingerprint density at radius 1 is 0.373 bits per heavy atom. The van der Waals surface area contributed by atoms with Gasteiger partial charge in [-0.25, -0.2) is 0 Å². The molecule has 0 heterocycles. The zero-order chi connectivity index (χ0) is 54.3. The second kappa shape index (κ2) is 64.3. The highest BCUT2D eigenvalue weighted by atomic mass is 16.5. The molecule has 0 aromatic rings. The maximum absolute atomic E-state index is 12.5. The van der Waals surface area contributed by atoms with Gasteiger partial charge < -0.3 is 20.3 Å². The number of hydrogen-bond acceptors (Lipinski definition) is 5. The molecule has 2 unspecified atom stereocenters. The summed E-state index contributed by atoms with van der Waals surface area (Å²) in [4.78, 5) is 24.6. The van der Waals surface area contributed by atoms with Gasteiger partial charge in [0.15, 0.2) is 0 Å². The Hall–Kier alpha value is -2.18. The van der Waals surface area contributed by atoms with Crippen molar-refractivity contribution in [2.24, 2.45) is 0 Å². The first-order valence-electron chi connectivity index (χ1n) is 33.4. The molecular formula is C69H129NO5. The van der Waals surface area contributed by atoms with E-state index in [4.69, 9.17) is 4.74 Å². The van der Waals surface area contributed by atoms with E-state index >= 15 is 0 Å². The van der Waals surface area contributed by atoms with Crippen molar-refractivity contribution in [3.8, 4) is 0 Å². The number of carbonyl (C=O) groups excluding carboxylic acids is 2. The lowest BCUT2D eigenvalue weighted by atomic mass is 10.0. The molecule has 0 saturated heterocycles. The van der Waals surface area contributed by atoms with Crippen molar-refractivity contribution in [3.05, 3.63) is 48.6 Å². The summed E-state index contributed by atoms with van der Waals surface area (Å²) < 4.78 is 5.50. The van der Waals surface area contributed by atoms with Crippen LogP contribution in [0.15, 0.2) is 48.6 Å². The van der Waals surface area contributed by atoms with Crippen molar-refractivity contribution in [2.45, 2.75) is 366 Å². The van der Waals surface area contributed by atoms with Crippen molar-refractivity contribution < 1.29 is 24.5 Å². The van der Waals surface area contributed by atoms with Crippen molar-refractivity contribution >= 4 is 11.9 Å². The number of aliphatic hydroxyl groups is 2. The van der Waals surface area contributed by atoms with Gasteiger partial charge in [0.25, 0.3) is 0 Å². The van der Waals surface area contributed by atoms with E-state index in [1.54, 1.807) is 6.08 Å². The summed E-state index contributed by atoms with van der Waals surface area (Å²) in [7, 11) is 0. The predicted molar refractivity (Wildman–Crippen MR) is 329 cm³/mol. The summed E-state index contributed by atoms with van der Waals surface area (Å²) in [5, 5.41) is 23.2. The third-order valence-corrected chi connectivity index (χ3v) is 15.3. The first kappa shape index (κ1) is 72.8. The van der Waals surface area contributed by atoms with Crippen LogP contribution in [0.5, 0.6) is 0 Å². The first-order valence-corrected chi connectivity index (χ1v) is 33.4. The van der Waals surface area contributed by atoms with Crippen molar-refractivity contribution in [1.82, 2.24) is 5.32 Å². The number of esters is 1. The van der Waals surface area contributed by atoms with E-state index in [0.29, 0.717) is 19.4 Å². The molecule has 6 nitrogen and oxygen atoms in total. The molecule has 0 spiro atoms. The number of ether oxygens (including phenoxy) is 1. The van der Waals surface area contributed by atoms with E-state index < -0.39 is 12.1 Å². The number of rotatable bonds is 62. The van der Waals surface area contributed by atoms with Gasteiger partial charge in [0, 0.05) is 12.8 Å². The minimum absolute atomic E-state index is 0.00469. The maximum atomic E-state index is 12.5. The molecule has 0 fully saturated rings. The molecule has 0 aliphatic heterocycles. The highest BCUT2D eigenvalue weighted by Gasteiger charge is 2.18. The Balaban J connectivity index is 3.42. The number of nitrogens with one attached hydrogen (secondary N) is 1. The van der Waals surface area contributed by atoms with Crippen LogP contribution in [0.25, 0.3) is 0 Å². The van der Waals surface area contributed by atoms with E-state index in [0.717, 1.165) is 51.4 Å². The molecule has 0 aromatic heterocycles. The van der Waals surface area contributed by atoms with E-state index in [1.165, 1.54) is 276 Å². The standard InChI is InChI=1S/C69H129NO5/c1-3-5-7-9-11-13-15-17-19-21-31-35-39-43-47-51-55-59-63-69(74)75-64-60-56-52-48-44-40-36-32-29-27-25-23-22-24-26-28-30-34-38-42-46-50-54-58-62-68(73)70-66(65-71)67(72)61-57-53-49-45-41-37-33-20-18-16-14-12-10-8-6-4-2/h13,15,19,21,24,26,57,61,66-67,71-72H,3-12,14,16-18,20,22-23,25,27-56,58-60,62-65H2,1-2H3,(H,70,73)/b15-13-,21-19-,26-24-,61-57+. The Kier molecular flexibility index (Phi) is 62.5. The highest BCUT2D eigenvalue weighted by molar-refractivity contribution is 5.76. The van der Waals surface area contributed by atoms with E-state index in [2.05, 4.69) is 55.6 Å². The lowest BCUT2D eigenvalue weighted by Crippen LogP contribution is -2.45. The smallest absolute Gasteiger partial charge is 0.305 e. The fourth-order valence-electron chi connectivity index (χ4n) is 10.2. The van der Waals surface area contributed by atoms with Crippen LogP contribution >= 0.6 is 0 Å². The summed E-state index contributed by atoms with van der Waals surface area (Å²) in [6.07, 6.45) is 83.1. The second-order valence-corrected chi connectivity index (χ2v) is 22.8. The van der Waals surface area contributed by atoms with E-state index in [-0.39, 0.29) is 18.5 Å². The van der Waals surface area contributed by atoms with Crippen LogP contribution in [0.4, 0.5) is 0 Å². The number of unbranched alkanes of at least 4 members (excludes halogenated alkanes) is 45. The number of aliphatic hydroxyl groups excluding tert-OH is 2. The molecule has 1 amide bonds. The Labute approximate surface area is 467 Å². The molecule has 0 radical (unpaired) electrons. The molecule has 6 heteroatoms. The SMILES string of the molecule is CCCCCC/C=C\C/C=C\CCCCCCCCCC(=O)OCCCCCCCCCCCCCC/C=C\CCCCCCCCCCC(=O)NC(CO)C(O)/C=C/CCCCCCCCCCCCCCCC. The van der Waals surface area contributed by atoms with Crippen LogP contribution in [0.3, 0.4) is 0 Å². The fraction of sp³-hybridized carbons (Fsp3) is 0.855. The molecule has 440 valence electrons. The molecule has 0 aliphatic carbocycles. The van der Waals surface area contributed by atoms with Crippen LogP contribution < -0.4 is 5.32 Å². The van der Waals surface area contributed by atoms with Crippen molar-refractivity contribution in [3.63, 3.8) is 0 Å². The Morgan fingerprint density at radius 2 is 0.667 bits per heavy atom. The van der Waals surface area contributed by atoms with Gasteiger partial charge in [-0.05, 0) is 89.9 Å². The van der Waals surface area contributed by atoms with E-state index in [9.17, 15) is 19.8 Å². The van der Waals surface area contributed by atoms with Gasteiger partial charge in [0.05, 0.1) is 25.4 Å². The van der Waals surface area contributed by atoms with Gasteiger partial charge in [-0.15, -0.1) is 0 Å². The third-order valence-electron chi connectivity index (χ3n) is 15.3. The topological polar surface area (TPSA) is 95.9 Å². The van der Waals surface area contributed by atoms with Gasteiger partial charge >= 0.3 is 5.97 Å². The monoisotopic (exact) mass is 1050 g/mol. The Bertz CT molecular complexity index is 1260. The Morgan fingerprint density at radius 3 is 1.04 bits per heavy atom. The zero-order valence-corrected chi connectivity index (χ0v) is 50.3. The number of hydrogen-bond donors (Lipinski definition) is 3. The van der Waals surface area contributed by atoms with Gasteiger partial charge in [-0.3, -0.25) is 9.59 Å². The maximum Gasteiger partial charge on any atom is 0.305 e. The summed E-state index contributed by atoms with van der Waals surface area (Å²) >= 11 is 0. The van der Waals surface area contributed by atoms with Gasteiger partial charge in [0.1, 0.15) is 0 Å². The molecule has 0 bridgehead atoms. The van der Waals surface area contributed by atoms with Gasteiger partial charge in [0.2, 0.25) is 5.91 Å². The average molecular weight is 1050 g/mol. The molecule has 0 saturated carbocycles. The summed E-state index contributed by atoms with van der Waals surface area (Å²) in [6.45, 7) is 4.90. The summed E-state index contributed by atoms with van der Waals surface area (Å²) in [5.41, 5.74) is 0. The van der Waals surface area contributed by atoms with Crippen molar-refractivity contribution in [1.29, 1.82) is 0 Å². The second-order valence-electron chi connectivity index (χ2n) is 22.8. The summed E-state index contributed by atoms with van der Waals surface area (Å²) in [6, 6.07) is -0.632. The third kappa shape index (κ3) is 60.9. The molecular weight excluding hydrogens is 923 g/mol. The van der Waals surface area contributed by atoms with Crippen LogP contribution in [0.2, 0.25) is 0 Å². The number of amides is 1. The predicted octanol–water partition coefficient (Wildman–Crippen LogP) is 21.3.